The Hall–Kier alpha value is -4.07. The minimum absolute atomic E-state index is 0.131. The molecule has 4 aromatic rings. The van der Waals surface area contributed by atoms with Crippen LogP contribution in [0.1, 0.15) is 21.6 Å². The first-order valence-corrected chi connectivity index (χ1v) is 8.96. The minimum atomic E-state index is -0.350. The number of hydrogen-bond acceptors (Lipinski definition) is 5. The molecule has 1 amide bonds. The van der Waals surface area contributed by atoms with Crippen molar-refractivity contribution in [3.05, 3.63) is 105 Å². The van der Waals surface area contributed by atoms with Crippen molar-refractivity contribution in [2.24, 2.45) is 0 Å². The number of carbonyl (C=O) groups is 1. The lowest BCUT2D eigenvalue weighted by Crippen LogP contribution is -2.29. The van der Waals surface area contributed by atoms with Crippen molar-refractivity contribution in [1.29, 1.82) is 0 Å². The molecule has 0 spiro atoms. The number of H-pyrrole nitrogens is 1. The zero-order chi connectivity index (χ0) is 20.2. The van der Waals surface area contributed by atoms with E-state index in [-0.39, 0.29) is 30.1 Å². The number of benzene rings is 1. The summed E-state index contributed by atoms with van der Waals surface area (Å²) >= 11 is 0. The zero-order valence-corrected chi connectivity index (χ0v) is 15.3. The smallest absolute Gasteiger partial charge is 0.274 e. The second-order valence-corrected chi connectivity index (χ2v) is 6.44. The number of nitrogens with zero attached hydrogens (tertiary/aromatic N) is 3. The Morgan fingerprint density at radius 3 is 2.59 bits per heavy atom. The Morgan fingerprint density at radius 1 is 1.03 bits per heavy atom. The summed E-state index contributed by atoms with van der Waals surface area (Å²) in [5.74, 6) is -0.350. The molecule has 0 radical (unpaired) electrons. The van der Waals surface area contributed by atoms with E-state index < -0.39 is 0 Å². The largest absolute Gasteiger partial charge is 0.346 e. The average molecular weight is 387 g/mol. The molecule has 3 heterocycles. The second kappa shape index (κ2) is 7.89. The van der Waals surface area contributed by atoms with Crippen molar-refractivity contribution in [3.63, 3.8) is 0 Å². The van der Waals surface area contributed by atoms with Crippen molar-refractivity contribution in [3.8, 4) is 0 Å². The van der Waals surface area contributed by atoms with Crippen LogP contribution < -0.4 is 16.4 Å². The van der Waals surface area contributed by atoms with Crippen LogP contribution in [0.2, 0.25) is 0 Å². The molecule has 0 saturated heterocycles. The van der Waals surface area contributed by atoms with Crippen LogP contribution in [-0.2, 0) is 13.1 Å². The van der Waals surface area contributed by atoms with Crippen LogP contribution in [0, 0.1) is 0 Å². The number of nitrogens with one attached hydrogen (secondary N) is 2. The summed E-state index contributed by atoms with van der Waals surface area (Å²) in [6.07, 6.45) is 4.70. The van der Waals surface area contributed by atoms with E-state index in [2.05, 4.69) is 20.4 Å². The molecule has 0 aliphatic heterocycles. The quantitative estimate of drug-likeness (QED) is 0.539. The number of aromatic amines is 1. The van der Waals surface area contributed by atoms with Crippen LogP contribution >= 0.6 is 0 Å². The third kappa shape index (κ3) is 3.96. The monoisotopic (exact) mass is 387 g/mol. The minimum Gasteiger partial charge on any atom is -0.346 e. The topological polar surface area (TPSA) is 110 Å². The van der Waals surface area contributed by atoms with Crippen molar-refractivity contribution < 1.29 is 4.79 Å². The maximum absolute atomic E-state index is 12.8. The Bertz CT molecular complexity index is 1270. The van der Waals surface area contributed by atoms with E-state index in [4.69, 9.17) is 0 Å². The maximum atomic E-state index is 12.8. The Morgan fingerprint density at radius 2 is 1.86 bits per heavy atom. The Balaban J connectivity index is 1.66. The summed E-state index contributed by atoms with van der Waals surface area (Å²) in [4.78, 5) is 42.9. The first-order valence-electron chi connectivity index (χ1n) is 8.96. The fourth-order valence-electron chi connectivity index (χ4n) is 3.03. The van der Waals surface area contributed by atoms with E-state index in [1.807, 2.05) is 12.1 Å². The molecule has 8 heteroatoms. The Labute approximate surface area is 164 Å². The first kappa shape index (κ1) is 18.3. The molecular formula is C21H17N5O3. The van der Waals surface area contributed by atoms with Gasteiger partial charge in [0.1, 0.15) is 0 Å². The van der Waals surface area contributed by atoms with Crippen molar-refractivity contribution in [2.75, 3.05) is 0 Å². The molecule has 0 aliphatic rings. The highest BCUT2D eigenvalue weighted by Crippen LogP contribution is 2.14. The highest BCUT2D eigenvalue weighted by molar-refractivity contribution is 5.94. The summed E-state index contributed by atoms with van der Waals surface area (Å²) < 4.78 is 1.38. The maximum Gasteiger partial charge on any atom is 0.274 e. The number of pyridine rings is 2. The summed E-state index contributed by atoms with van der Waals surface area (Å²) in [7, 11) is 0. The van der Waals surface area contributed by atoms with Gasteiger partial charge in [-0.3, -0.25) is 19.4 Å². The van der Waals surface area contributed by atoms with Crippen molar-refractivity contribution in [1.82, 2.24) is 25.1 Å². The van der Waals surface area contributed by atoms with Gasteiger partial charge in [-0.1, -0.05) is 24.3 Å². The molecule has 0 fully saturated rings. The van der Waals surface area contributed by atoms with Gasteiger partial charge in [-0.15, -0.1) is 0 Å². The van der Waals surface area contributed by atoms with Gasteiger partial charge in [0.05, 0.1) is 29.7 Å². The SMILES string of the molecule is O=C(NCc1nn(Cc2cccnc2)c(=O)c2ccccc12)c1ccc(=O)[nH]c1. The molecule has 144 valence electrons. The normalized spacial score (nSPS) is 10.8. The summed E-state index contributed by atoms with van der Waals surface area (Å²) in [6.45, 7) is 0.407. The van der Waals surface area contributed by atoms with Gasteiger partial charge in [0, 0.05) is 30.0 Å². The van der Waals surface area contributed by atoms with Crippen LogP contribution in [-0.4, -0.2) is 25.7 Å². The molecule has 3 aromatic heterocycles. The van der Waals surface area contributed by atoms with Gasteiger partial charge in [-0.05, 0) is 23.8 Å². The van der Waals surface area contributed by atoms with Gasteiger partial charge in [0.25, 0.3) is 11.5 Å². The molecule has 29 heavy (non-hydrogen) atoms. The fourth-order valence-corrected chi connectivity index (χ4v) is 3.03. The fraction of sp³-hybridized carbons (Fsp3) is 0.0952. The second-order valence-electron chi connectivity index (χ2n) is 6.44. The van der Waals surface area contributed by atoms with Crippen LogP contribution in [0.25, 0.3) is 10.8 Å². The van der Waals surface area contributed by atoms with Gasteiger partial charge in [-0.2, -0.15) is 5.10 Å². The van der Waals surface area contributed by atoms with E-state index in [1.54, 1.807) is 36.7 Å². The summed E-state index contributed by atoms with van der Waals surface area (Å²) in [6, 6.07) is 13.6. The molecule has 0 unspecified atom stereocenters. The van der Waals surface area contributed by atoms with Gasteiger partial charge in [0.2, 0.25) is 5.56 Å². The van der Waals surface area contributed by atoms with E-state index in [0.717, 1.165) is 5.56 Å². The number of carbonyl (C=O) groups excluding carboxylic acids is 1. The van der Waals surface area contributed by atoms with E-state index in [9.17, 15) is 14.4 Å². The average Bonchev–Trinajstić information content (AvgIpc) is 2.76. The van der Waals surface area contributed by atoms with Gasteiger partial charge < -0.3 is 10.3 Å². The molecule has 1 aromatic carbocycles. The lowest BCUT2D eigenvalue weighted by Gasteiger charge is -2.12. The molecule has 0 bridgehead atoms. The third-order valence-electron chi connectivity index (χ3n) is 4.46. The van der Waals surface area contributed by atoms with Gasteiger partial charge in [0.15, 0.2) is 0 Å². The molecular weight excluding hydrogens is 370 g/mol. The van der Waals surface area contributed by atoms with E-state index in [1.165, 1.54) is 23.0 Å². The molecule has 0 atom stereocenters. The lowest BCUT2D eigenvalue weighted by molar-refractivity contribution is 0.0950. The highest BCUT2D eigenvalue weighted by Gasteiger charge is 2.12. The first-order chi connectivity index (χ1) is 14.1. The summed E-state index contributed by atoms with van der Waals surface area (Å²) in [5.41, 5.74) is 1.26. The molecule has 0 aliphatic carbocycles. The van der Waals surface area contributed by atoms with E-state index in [0.29, 0.717) is 22.0 Å². The predicted molar refractivity (Wildman–Crippen MR) is 108 cm³/mol. The third-order valence-corrected chi connectivity index (χ3v) is 4.46. The highest BCUT2D eigenvalue weighted by atomic mass is 16.2. The Kier molecular flexibility index (Phi) is 4.98. The number of hydrogen-bond donors (Lipinski definition) is 2. The van der Waals surface area contributed by atoms with Crippen molar-refractivity contribution >= 4 is 16.7 Å². The molecule has 8 nitrogen and oxygen atoms in total. The van der Waals surface area contributed by atoms with Crippen LogP contribution in [0.5, 0.6) is 0 Å². The number of rotatable bonds is 5. The van der Waals surface area contributed by atoms with Crippen LogP contribution in [0.15, 0.2) is 76.7 Å². The number of fused-ring (bicyclic) bond motifs is 1. The number of amides is 1. The summed E-state index contributed by atoms with van der Waals surface area (Å²) in [5, 5.41) is 8.48. The van der Waals surface area contributed by atoms with E-state index >= 15 is 0 Å². The molecule has 2 N–H and O–H groups in total. The number of aromatic nitrogens is 4. The van der Waals surface area contributed by atoms with Crippen LogP contribution in [0.3, 0.4) is 0 Å². The zero-order valence-electron chi connectivity index (χ0n) is 15.3. The molecule has 4 rings (SSSR count). The van der Waals surface area contributed by atoms with Crippen molar-refractivity contribution in [2.45, 2.75) is 13.1 Å². The van der Waals surface area contributed by atoms with Gasteiger partial charge >= 0.3 is 0 Å². The van der Waals surface area contributed by atoms with Crippen LogP contribution in [0.4, 0.5) is 0 Å². The molecule has 0 saturated carbocycles. The predicted octanol–water partition coefficient (Wildman–Crippen LogP) is 1.46. The van der Waals surface area contributed by atoms with Gasteiger partial charge in [-0.25, -0.2) is 4.68 Å². The lowest BCUT2D eigenvalue weighted by atomic mass is 10.1. The standard InChI is InChI=1S/C21H17N5O3/c27-19-8-7-15(11-23-19)20(28)24-12-18-16-5-1-2-6-17(16)21(29)26(25-18)13-14-4-3-9-22-10-14/h1-11H,12-13H2,(H,23,27)(H,24,28).